The fourth-order valence-corrected chi connectivity index (χ4v) is 1.26. The lowest BCUT2D eigenvalue weighted by Crippen LogP contribution is -1.73. The first kappa shape index (κ1) is 12.2. The molecule has 82 valence electrons. The van der Waals surface area contributed by atoms with Gasteiger partial charge in [-0.05, 0) is 11.1 Å². The molecule has 2 rings (SSSR count). The molecule has 0 unspecified atom stereocenters. The lowest BCUT2D eigenvalue weighted by molar-refractivity contribution is 0.343. The fourth-order valence-electron chi connectivity index (χ4n) is 1.26. The second kappa shape index (κ2) is 7.43. The van der Waals surface area contributed by atoms with Gasteiger partial charge in [-0.2, -0.15) is 0 Å². The van der Waals surface area contributed by atoms with Gasteiger partial charge in [0.05, 0.1) is 6.61 Å². The summed E-state index contributed by atoms with van der Waals surface area (Å²) in [6, 6.07) is 20.8. The van der Waals surface area contributed by atoms with Crippen LogP contribution in [0.1, 0.15) is 0 Å². The molecule has 0 aliphatic heterocycles. The smallest absolute Gasteiger partial charge is 0.0609 e. The Labute approximate surface area is 96.7 Å². The van der Waals surface area contributed by atoms with Crippen molar-refractivity contribution in [2.45, 2.75) is 0 Å². The van der Waals surface area contributed by atoms with Crippen LogP contribution in [0.3, 0.4) is 0 Å². The minimum atomic E-state index is 0.0833. The van der Waals surface area contributed by atoms with Crippen LogP contribution in [0, 0.1) is 0 Å². The highest BCUT2D eigenvalue weighted by molar-refractivity contribution is 5.62. The van der Waals surface area contributed by atoms with Gasteiger partial charge in [-0.1, -0.05) is 66.7 Å². The summed E-state index contributed by atoms with van der Waals surface area (Å²) in [5.74, 6) is 0. The van der Waals surface area contributed by atoms with Crippen molar-refractivity contribution in [2.24, 2.45) is 0 Å². The molecule has 0 fully saturated rings. The molecule has 1 N–H and O–H groups in total. The van der Waals surface area contributed by atoms with E-state index in [4.69, 9.17) is 5.11 Å². The van der Waals surface area contributed by atoms with E-state index in [0.29, 0.717) is 0 Å². The molecule has 0 amide bonds. The molecule has 0 spiro atoms. The maximum atomic E-state index is 7.76. The van der Waals surface area contributed by atoms with E-state index in [1.54, 1.807) is 0 Å². The van der Waals surface area contributed by atoms with Crippen LogP contribution in [-0.2, 0) is 0 Å². The molecule has 0 bridgehead atoms. The largest absolute Gasteiger partial charge is 0.392 e. The number of hydrogen-bond acceptors (Lipinski definition) is 1. The van der Waals surface area contributed by atoms with Gasteiger partial charge < -0.3 is 5.11 Å². The summed E-state index contributed by atoms with van der Waals surface area (Å²) in [4.78, 5) is 0. The van der Waals surface area contributed by atoms with Gasteiger partial charge in [0.15, 0.2) is 0 Å². The zero-order valence-electron chi connectivity index (χ0n) is 9.21. The highest BCUT2D eigenvalue weighted by Crippen LogP contribution is 2.17. The average Bonchev–Trinajstić information content (AvgIpc) is 2.41. The third-order valence-corrected chi connectivity index (χ3v) is 2.01. The molecule has 0 atom stereocenters. The molecule has 0 radical (unpaired) electrons. The molecule has 2 aromatic rings. The predicted molar refractivity (Wildman–Crippen MR) is 69.2 cm³/mol. The van der Waals surface area contributed by atoms with E-state index in [0.717, 1.165) is 0 Å². The number of rotatable bonds is 2. The second-order valence-electron chi connectivity index (χ2n) is 3.20. The number of aliphatic hydroxyl groups excluding tert-OH is 1. The van der Waals surface area contributed by atoms with Crippen LogP contribution in [0.15, 0.2) is 73.3 Å². The molecule has 1 nitrogen and oxygen atoms in total. The maximum absolute atomic E-state index is 7.76. The summed E-state index contributed by atoms with van der Waals surface area (Å²) in [7, 11) is 0. The summed E-state index contributed by atoms with van der Waals surface area (Å²) in [5, 5.41) is 7.76. The van der Waals surface area contributed by atoms with Crippen molar-refractivity contribution in [1.82, 2.24) is 0 Å². The van der Waals surface area contributed by atoms with Crippen LogP contribution in [0.4, 0.5) is 0 Å². The molecule has 16 heavy (non-hydrogen) atoms. The lowest BCUT2D eigenvalue weighted by Gasteiger charge is -1.98. The fraction of sp³-hybridized carbons (Fsp3) is 0.0667. The minimum absolute atomic E-state index is 0.0833. The van der Waals surface area contributed by atoms with E-state index >= 15 is 0 Å². The Kier molecular flexibility index (Phi) is 5.67. The van der Waals surface area contributed by atoms with Gasteiger partial charge in [0.1, 0.15) is 0 Å². The second-order valence-corrected chi connectivity index (χ2v) is 3.20. The Morgan fingerprint density at radius 1 is 0.812 bits per heavy atom. The van der Waals surface area contributed by atoms with E-state index in [1.807, 2.05) is 12.1 Å². The summed E-state index contributed by atoms with van der Waals surface area (Å²) in [6.07, 6.45) is 1.43. The van der Waals surface area contributed by atoms with Crippen LogP contribution in [0.5, 0.6) is 0 Å². The van der Waals surface area contributed by atoms with E-state index in [1.165, 1.54) is 17.2 Å². The van der Waals surface area contributed by atoms with Crippen molar-refractivity contribution < 1.29 is 5.11 Å². The average molecular weight is 212 g/mol. The van der Waals surface area contributed by atoms with Gasteiger partial charge in [0.25, 0.3) is 0 Å². The Balaban J connectivity index is 0.000000280. The third-order valence-electron chi connectivity index (χ3n) is 2.01. The van der Waals surface area contributed by atoms with Gasteiger partial charge in [-0.15, -0.1) is 6.58 Å². The zero-order chi connectivity index (χ0) is 11.6. The quantitative estimate of drug-likeness (QED) is 0.755. The Morgan fingerprint density at radius 3 is 1.38 bits per heavy atom. The zero-order valence-corrected chi connectivity index (χ0v) is 9.21. The van der Waals surface area contributed by atoms with Crippen LogP contribution in [0.2, 0.25) is 0 Å². The number of benzene rings is 2. The molecule has 1 heteroatoms. The molecule has 2 aromatic carbocycles. The van der Waals surface area contributed by atoms with Crippen LogP contribution in [-0.4, -0.2) is 11.7 Å². The molecule has 0 aliphatic rings. The van der Waals surface area contributed by atoms with Gasteiger partial charge in [0.2, 0.25) is 0 Å². The number of hydrogen-bond donors (Lipinski definition) is 1. The molecular weight excluding hydrogens is 196 g/mol. The topological polar surface area (TPSA) is 20.2 Å². The first-order chi connectivity index (χ1) is 7.88. The summed E-state index contributed by atoms with van der Waals surface area (Å²) in [5.41, 5.74) is 2.55. The van der Waals surface area contributed by atoms with Gasteiger partial charge >= 0.3 is 0 Å². The molecule has 0 aliphatic carbocycles. The molecule has 0 heterocycles. The summed E-state index contributed by atoms with van der Waals surface area (Å²) >= 11 is 0. The predicted octanol–water partition coefficient (Wildman–Crippen LogP) is 3.52. The SMILES string of the molecule is C=CCO.c1ccc(-c2ccccc2)cc1. The van der Waals surface area contributed by atoms with Crippen LogP contribution in [0.25, 0.3) is 11.1 Å². The summed E-state index contributed by atoms with van der Waals surface area (Å²) < 4.78 is 0. The van der Waals surface area contributed by atoms with Crippen LogP contribution >= 0.6 is 0 Å². The van der Waals surface area contributed by atoms with Gasteiger partial charge in [0, 0.05) is 0 Å². The van der Waals surface area contributed by atoms with Crippen molar-refractivity contribution in [1.29, 1.82) is 0 Å². The third kappa shape index (κ3) is 4.11. The van der Waals surface area contributed by atoms with Crippen molar-refractivity contribution in [3.63, 3.8) is 0 Å². The van der Waals surface area contributed by atoms with Gasteiger partial charge in [-0.25, -0.2) is 0 Å². The highest BCUT2D eigenvalue weighted by Gasteiger charge is 1.91. The normalized spacial score (nSPS) is 8.81. The standard InChI is InChI=1S/C12H10.C3H6O/c1-3-7-11(8-4-1)12-9-5-2-6-10-12;1-2-3-4/h1-10H;2,4H,1,3H2. The summed E-state index contributed by atoms with van der Waals surface area (Å²) in [6.45, 7) is 3.31. The minimum Gasteiger partial charge on any atom is -0.392 e. The van der Waals surface area contributed by atoms with Crippen molar-refractivity contribution in [2.75, 3.05) is 6.61 Å². The van der Waals surface area contributed by atoms with Crippen molar-refractivity contribution in [3.8, 4) is 11.1 Å². The van der Waals surface area contributed by atoms with E-state index in [-0.39, 0.29) is 6.61 Å². The van der Waals surface area contributed by atoms with E-state index in [9.17, 15) is 0 Å². The first-order valence-electron chi connectivity index (χ1n) is 5.20. The molecular formula is C15H16O. The Bertz CT molecular complexity index is 355. The van der Waals surface area contributed by atoms with Crippen molar-refractivity contribution in [3.05, 3.63) is 73.3 Å². The molecule has 0 aromatic heterocycles. The Morgan fingerprint density at radius 2 is 1.12 bits per heavy atom. The Hall–Kier alpha value is -1.86. The monoisotopic (exact) mass is 212 g/mol. The van der Waals surface area contributed by atoms with Crippen LogP contribution < -0.4 is 0 Å². The first-order valence-corrected chi connectivity index (χ1v) is 5.20. The highest BCUT2D eigenvalue weighted by atomic mass is 16.2. The number of aliphatic hydroxyl groups is 1. The van der Waals surface area contributed by atoms with E-state index in [2.05, 4.69) is 55.1 Å². The molecule has 0 saturated heterocycles. The maximum Gasteiger partial charge on any atom is 0.0609 e. The molecule has 0 saturated carbocycles. The van der Waals surface area contributed by atoms with Gasteiger partial charge in [-0.3, -0.25) is 0 Å². The lowest BCUT2D eigenvalue weighted by atomic mass is 10.1. The van der Waals surface area contributed by atoms with Crippen molar-refractivity contribution >= 4 is 0 Å². The van der Waals surface area contributed by atoms with E-state index < -0.39 is 0 Å².